The highest BCUT2D eigenvalue weighted by molar-refractivity contribution is 6.31. The van der Waals surface area contributed by atoms with Crippen molar-refractivity contribution >= 4 is 17.3 Å². The topological polar surface area (TPSA) is 21.3 Å². The van der Waals surface area contributed by atoms with E-state index in [0.29, 0.717) is 0 Å². The van der Waals surface area contributed by atoms with E-state index in [1.807, 2.05) is 19.1 Å². The van der Waals surface area contributed by atoms with E-state index >= 15 is 0 Å². The Morgan fingerprint density at radius 2 is 2.00 bits per heavy atom. The van der Waals surface area contributed by atoms with E-state index in [1.165, 1.54) is 11.1 Å². The molecule has 0 amide bonds. The third-order valence-corrected chi connectivity index (χ3v) is 4.20. The van der Waals surface area contributed by atoms with Crippen LogP contribution in [-0.4, -0.2) is 5.60 Å². The molecule has 2 nitrogen and oxygen atoms in total. The smallest absolute Gasteiger partial charge is 0.123 e. The van der Waals surface area contributed by atoms with Crippen molar-refractivity contribution < 1.29 is 4.74 Å². The van der Waals surface area contributed by atoms with Crippen LogP contribution in [0.15, 0.2) is 36.4 Å². The average molecular weight is 302 g/mol. The molecule has 3 heteroatoms. The standard InChI is InChI=1S/C18H20ClNO/c1-12-4-6-15(9-16(12)19)20-11-13-5-7-17-14(8-13)10-18(2,3)21-17/h4-9,20H,10-11H2,1-3H3. The predicted octanol–water partition coefficient (Wildman–Crippen LogP) is 4.97. The summed E-state index contributed by atoms with van der Waals surface area (Å²) >= 11 is 6.15. The molecule has 0 aromatic heterocycles. The summed E-state index contributed by atoms with van der Waals surface area (Å²) in [7, 11) is 0. The molecule has 0 spiro atoms. The number of nitrogens with one attached hydrogen (secondary N) is 1. The molecule has 1 aliphatic rings. The van der Waals surface area contributed by atoms with Gasteiger partial charge >= 0.3 is 0 Å². The number of ether oxygens (including phenoxy) is 1. The van der Waals surface area contributed by atoms with Gasteiger partial charge in [-0.05, 0) is 55.7 Å². The van der Waals surface area contributed by atoms with Gasteiger partial charge in [0.1, 0.15) is 11.4 Å². The van der Waals surface area contributed by atoms with Crippen LogP contribution >= 0.6 is 11.6 Å². The van der Waals surface area contributed by atoms with Crippen LogP contribution < -0.4 is 10.1 Å². The van der Waals surface area contributed by atoms with Gasteiger partial charge in [-0.3, -0.25) is 0 Å². The first-order valence-corrected chi connectivity index (χ1v) is 7.62. The quantitative estimate of drug-likeness (QED) is 0.864. The summed E-state index contributed by atoms with van der Waals surface area (Å²) in [5.41, 5.74) is 4.61. The largest absolute Gasteiger partial charge is 0.487 e. The van der Waals surface area contributed by atoms with Crippen LogP contribution in [0.3, 0.4) is 0 Å². The molecule has 0 fully saturated rings. The van der Waals surface area contributed by atoms with E-state index in [9.17, 15) is 0 Å². The van der Waals surface area contributed by atoms with Gasteiger partial charge in [-0.2, -0.15) is 0 Å². The third kappa shape index (κ3) is 3.16. The molecule has 110 valence electrons. The van der Waals surface area contributed by atoms with Crippen molar-refractivity contribution in [2.75, 3.05) is 5.32 Å². The summed E-state index contributed by atoms with van der Waals surface area (Å²) in [4.78, 5) is 0. The molecule has 0 saturated carbocycles. The fourth-order valence-electron chi connectivity index (χ4n) is 2.68. The van der Waals surface area contributed by atoms with Crippen LogP contribution in [-0.2, 0) is 13.0 Å². The Labute approximate surface area is 131 Å². The number of rotatable bonds is 3. The zero-order valence-electron chi connectivity index (χ0n) is 12.7. The van der Waals surface area contributed by atoms with Gasteiger partial charge < -0.3 is 10.1 Å². The van der Waals surface area contributed by atoms with Crippen molar-refractivity contribution in [3.8, 4) is 5.75 Å². The Morgan fingerprint density at radius 3 is 2.76 bits per heavy atom. The average Bonchev–Trinajstić information content (AvgIpc) is 2.73. The van der Waals surface area contributed by atoms with Crippen molar-refractivity contribution in [3.05, 3.63) is 58.1 Å². The molecule has 1 aliphatic heterocycles. The zero-order chi connectivity index (χ0) is 15.0. The molecule has 2 aromatic rings. The van der Waals surface area contributed by atoms with Crippen molar-refractivity contribution in [2.45, 2.75) is 39.3 Å². The van der Waals surface area contributed by atoms with E-state index in [0.717, 1.165) is 35.0 Å². The summed E-state index contributed by atoms with van der Waals surface area (Å²) in [6.45, 7) is 7.04. The number of halogens is 1. The number of hydrogen-bond donors (Lipinski definition) is 1. The summed E-state index contributed by atoms with van der Waals surface area (Å²) in [6, 6.07) is 12.5. The fraction of sp³-hybridized carbons (Fsp3) is 0.333. The third-order valence-electron chi connectivity index (χ3n) is 3.80. The molecule has 0 radical (unpaired) electrons. The van der Waals surface area contributed by atoms with Crippen molar-refractivity contribution in [3.63, 3.8) is 0 Å². The molecule has 0 saturated heterocycles. The number of anilines is 1. The second-order valence-electron chi connectivity index (χ2n) is 6.30. The lowest BCUT2D eigenvalue weighted by molar-refractivity contribution is 0.138. The highest BCUT2D eigenvalue weighted by Gasteiger charge is 2.29. The highest BCUT2D eigenvalue weighted by Crippen LogP contribution is 2.35. The van der Waals surface area contributed by atoms with Crippen LogP contribution in [0.25, 0.3) is 0 Å². The number of fused-ring (bicyclic) bond motifs is 1. The summed E-state index contributed by atoms with van der Waals surface area (Å²) in [6.07, 6.45) is 0.965. The highest BCUT2D eigenvalue weighted by atomic mass is 35.5. The van der Waals surface area contributed by atoms with Crippen molar-refractivity contribution in [1.29, 1.82) is 0 Å². The molecular formula is C18H20ClNO. The lowest BCUT2D eigenvalue weighted by Crippen LogP contribution is -2.24. The molecule has 21 heavy (non-hydrogen) atoms. The van der Waals surface area contributed by atoms with Gasteiger partial charge in [0.05, 0.1) is 0 Å². The first-order valence-electron chi connectivity index (χ1n) is 7.24. The molecule has 0 unspecified atom stereocenters. The lowest BCUT2D eigenvalue weighted by atomic mass is 10.0. The maximum atomic E-state index is 6.15. The molecule has 1 heterocycles. The first kappa shape index (κ1) is 14.3. The van der Waals surface area contributed by atoms with Crippen LogP contribution in [0, 0.1) is 6.92 Å². The van der Waals surface area contributed by atoms with Crippen LogP contribution in [0.2, 0.25) is 5.02 Å². The lowest BCUT2D eigenvalue weighted by Gasteiger charge is -2.16. The van der Waals surface area contributed by atoms with Gasteiger partial charge in [-0.15, -0.1) is 0 Å². The van der Waals surface area contributed by atoms with Crippen molar-refractivity contribution in [2.24, 2.45) is 0 Å². The Kier molecular flexibility index (Phi) is 3.58. The van der Waals surface area contributed by atoms with Gasteiger partial charge in [-0.1, -0.05) is 29.8 Å². The summed E-state index contributed by atoms with van der Waals surface area (Å²) < 4.78 is 5.90. The molecular weight excluding hydrogens is 282 g/mol. The minimum atomic E-state index is -0.0845. The second-order valence-corrected chi connectivity index (χ2v) is 6.71. The van der Waals surface area contributed by atoms with E-state index < -0.39 is 0 Å². The van der Waals surface area contributed by atoms with Gasteiger partial charge in [0, 0.05) is 23.7 Å². The number of aryl methyl sites for hydroxylation is 1. The van der Waals surface area contributed by atoms with Crippen LogP contribution in [0.4, 0.5) is 5.69 Å². The van der Waals surface area contributed by atoms with Crippen LogP contribution in [0.5, 0.6) is 5.75 Å². The number of benzene rings is 2. The molecule has 2 aromatic carbocycles. The Balaban J connectivity index is 1.71. The van der Waals surface area contributed by atoms with Gasteiger partial charge in [-0.25, -0.2) is 0 Å². The molecule has 3 rings (SSSR count). The first-order chi connectivity index (χ1) is 9.93. The van der Waals surface area contributed by atoms with Gasteiger partial charge in [0.25, 0.3) is 0 Å². The zero-order valence-corrected chi connectivity index (χ0v) is 13.4. The Bertz CT molecular complexity index is 679. The van der Waals surface area contributed by atoms with Crippen LogP contribution in [0.1, 0.15) is 30.5 Å². The molecule has 0 aliphatic carbocycles. The second kappa shape index (κ2) is 5.27. The Morgan fingerprint density at radius 1 is 1.19 bits per heavy atom. The maximum Gasteiger partial charge on any atom is 0.123 e. The molecule has 0 bridgehead atoms. The fourth-order valence-corrected chi connectivity index (χ4v) is 2.86. The van der Waals surface area contributed by atoms with E-state index in [4.69, 9.17) is 16.3 Å². The monoisotopic (exact) mass is 301 g/mol. The molecule has 0 atom stereocenters. The van der Waals surface area contributed by atoms with Crippen molar-refractivity contribution in [1.82, 2.24) is 0 Å². The minimum Gasteiger partial charge on any atom is -0.487 e. The minimum absolute atomic E-state index is 0.0845. The van der Waals surface area contributed by atoms with E-state index in [-0.39, 0.29) is 5.60 Å². The number of hydrogen-bond acceptors (Lipinski definition) is 2. The van der Waals surface area contributed by atoms with E-state index in [1.54, 1.807) is 0 Å². The Hall–Kier alpha value is -1.67. The summed E-state index contributed by atoms with van der Waals surface area (Å²) in [5, 5.41) is 4.21. The van der Waals surface area contributed by atoms with Gasteiger partial charge in [0.2, 0.25) is 0 Å². The van der Waals surface area contributed by atoms with Gasteiger partial charge in [0.15, 0.2) is 0 Å². The normalized spacial score (nSPS) is 15.4. The maximum absolute atomic E-state index is 6.15. The predicted molar refractivity (Wildman–Crippen MR) is 88.4 cm³/mol. The molecule has 1 N–H and O–H groups in total. The summed E-state index contributed by atoms with van der Waals surface area (Å²) in [5.74, 6) is 1.02. The van der Waals surface area contributed by atoms with E-state index in [2.05, 4.69) is 43.4 Å². The SMILES string of the molecule is Cc1ccc(NCc2ccc3c(c2)CC(C)(C)O3)cc1Cl.